The molecule has 0 radical (unpaired) electrons. The molecule has 98 valence electrons. The number of nitrogens with zero attached hydrogens (tertiary/aromatic N) is 1. The number of ether oxygens (including phenoxy) is 1. The van der Waals surface area contributed by atoms with Crippen molar-refractivity contribution in [3.05, 3.63) is 0 Å². The van der Waals surface area contributed by atoms with E-state index in [4.69, 9.17) is 4.74 Å². The Morgan fingerprint density at radius 3 is 2.53 bits per heavy atom. The normalized spacial score (nSPS) is 26.8. The van der Waals surface area contributed by atoms with E-state index in [1.54, 1.807) is 0 Å². The maximum atomic E-state index is 12.1. The molecule has 2 aliphatic heterocycles. The quantitative estimate of drug-likeness (QED) is 0.757. The third-order valence-corrected chi connectivity index (χ3v) is 4.26. The predicted octanol–water partition coefficient (Wildman–Crippen LogP) is 2.45. The van der Waals surface area contributed by atoms with Crippen LogP contribution in [0.2, 0.25) is 0 Å². The number of rotatable bonds is 3. The highest BCUT2D eigenvalue weighted by atomic mass is 16.5. The molecule has 0 spiro atoms. The molecule has 0 bridgehead atoms. The van der Waals surface area contributed by atoms with E-state index in [-0.39, 0.29) is 6.10 Å². The molecule has 3 nitrogen and oxygen atoms in total. The number of hydrogen-bond acceptors (Lipinski definition) is 2. The van der Waals surface area contributed by atoms with Crippen molar-refractivity contribution in [1.82, 2.24) is 4.90 Å². The van der Waals surface area contributed by atoms with Gasteiger partial charge in [0, 0.05) is 19.7 Å². The Kier molecular flexibility index (Phi) is 4.43. The van der Waals surface area contributed by atoms with Crippen LogP contribution in [-0.4, -0.2) is 36.6 Å². The lowest BCUT2D eigenvalue weighted by molar-refractivity contribution is -0.135. The van der Waals surface area contributed by atoms with Gasteiger partial charge >= 0.3 is 0 Å². The molecule has 2 fully saturated rings. The van der Waals surface area contributed by atoms with Gasteiger partial charge in [-0.15, -0.1) is 0 Å². The largest absolute Gasteiger partial charge is 0.378 e. The molecular formula is C14H25NO2. The Morgan fingerprint density at radius 1 is 1.29 bits per heavy atom. The highest BCUT2D eigenvalue weighted by molar-refractivity contribution is 5.76. The summed E-state index contributed by atoms with van der Waals surface area (Å²) in [5.74, 6) is 1.87. The molecule has 0 aliphatic carbocycles. The molecule has 1 amide bonds. The molecule has 0 aromatic carbocycles. The van der Waals surface area contributed by atoms with Crippen LogP contribution in [-0.2, 0) is 9.53 Å². The molecule has 17 heavy (non-hydrogen) atoms. The molecular weight excluding hydrogens is 214 g/mol. The Hall–Kier alpha value is -0.570. The molecule has 1 atom stereocenters. The van der Waals surface area contributed by atoms with Gasteiger partial charge in [-0.25, -0.2) is 0 Å². The fraction of sp³-hybridized carbons (Fsp3) is 0.929. The fourth-order valence-corrected chi connectivity index (χ4v) is 2.94. The number of hydrogen-bond donors (Lipinski definition) is 0. The van der Waals surface area contributed by atoms with Crippen molar-refractivity contribution >= 4 is 5.91 Å². The van der Waals surface area contributed by atoms with E-state index in [1.165, 1.54) is 12.8 Å². The Bertz CT molecular complexity index is 251. The second-order valence-corrected chi connectivity index (χ2v) is 5.80. The molecule has 3 heteroatoms. The number of amides is 1. The van der Waals surface area contributed by atoms with E-state index in [0.717, 1.165) is 44.4 Å². The average Bonchev–Trinajstić information content (AvgIpc) is 2.82. The lowest BCUT2D eigenvalue weighted by Gasteiger charge is -2.34. The zero-order valence-corrected chi connectivity index (χ0v) is 11.2. The highest BCUT2D eigenvalue weighted by Gasteiger charge is 2.27. The zero-order valence-electron chi connectivity index (χ0n) is 11.2. The monoisotopic (exact) mass is 239 g/mol. The third kappa shape index (κ3) is 3.44. The van der Waals surface area contributed by atoms with Crippen molar-refractivity contribution < 1.29 is 9.53 Å². The summed E-state index contributed by atoms with van der Waals surface area (Å²) in [6.07, 6.45) is 5.34. The average molecular weight is 239 g/mol. The Balaban J connectivity index is 1.74. The van der Waals surface area contributed by atoms with Crippen molar-refractivity contribution in [2.75, 3.05) is 19.7 Å². The van der Waals surface area contributed by atoms with Crippen molar-refractivity contribution in [3.8, 4) is 0 Å². The second kappa shape index (κ2) is 5.85. The van der Waals surface area contributed by atoms with Crippen LogP contribution in [0.3, 0.4) is 0 Å². The molecule has 2 heterocycles. The Morgan fingerprint density at radius 2 is 2.00 bits per heavy atom. The van der Waals surface area contributed by atoms with E-state index in [2.05, 4.69) is 13.8 Å². The minimum Gasteiger partial charge on any atom is -0.378 e. The SMILES string of the molecule is CC(C)C1CCN(C(=O)CC2CCCO2)CC1. The molecule has 0 aromatic heterocycles. The lowest BCUT2D eigenvalue weighted by Crippen LogP contribution is -2.40. The second-order valence-electron chi connectivity index (χ2n) is 5.80. The minimum absolute atomic E-state index is 0.199. The third-order valence-electron chi connectivity index (χ3n) is 4.26. The van der Waals surface area contributed by atoms with Gasteiger partial charge < -0.3 is 9.64 Å². The smallest absolute Gasteiger partial charge is 0.225 e. The molecule has 2 saturated heterocycles. The van der Waals surface area contributed by atoms with Crippen molar-refractivity contribution in [3.63, 3.8) is 0 Å². The number of carbonyl (C=O) groups is 1. The first-order valence-electron chi connectivity index (χ1n) is 7.06. The number of likely N-dealkylation sites (tertiary alicyclic amines) is 1. The predicted molar refractivity (Wildman–Crippen MR) is 67.7 cm³/mol. The first-order valence-corrected chi connectivity index (χ1v) is 7.06. The van der Waals surface area contributed by atoms with Crippen LogP contribution in [0.4, 0.5) is 0 Å². The van der Waals surface area contributed by atoms with Crippen LogP contribution in [0.1, 0.15) is 46.0 Å². The van der Waals surface area contributed by atoms with Gasteiger partial charge in [0.25, 0.3) is 0 Å². The van der Waals surface area contributed by atoms with Gasteiger partial charge in [0.1, 0.15) is 0 Å². The highest BCUT2D eigenvalue weighted by Crippen LogP contribution is 2.25. The summed E-state index contributed by atoms with van der Waals surface area (Å²) in [5.41, 5.74) is 0. The first-order chi connectivity index (χ1) is 8.16. The van der Waals surface area contributed by atoms with Gasteiger partial charge in [0.15, 0.2) is 0 Å². The van der Waals surface area contributed by atoms with Crippen LogP contribution < -0.4 is 0 Å². The lowest BCUT2D eigenvalue weighted by atomic mass is 9.86. The Labute approximate surface area is 105 Å². The maximum Gasteiger partial charge on any atom is 0.225 e. The van der Waals surface area contributed by atoms with Crippen LogP contribution in [0.25, 0.3) is 0 Å². The van der Waals surface area contributed by atoms with Crippen molar-refractivity contribution in [1.29, 1.82) is 0 Å². The molecule has 0 saturated carbocycles. The molecule has 0 aromatic rings. The van der Waals surface area contributed by atoms with Gasteiger partial charge in [0.2, 0.25) is 5.91 Å². The molecule has 0 N–H and O–H groups in total. The van der Waals surface area contributed by atoms with E-state index < -0.39 is 0 Å². The van der Waals surface area contributed by atoms with Gasteiger partial charge in [-0.3, -0.25) is 4.79 Å². The summed E-state index contributed by atoms with van der Waals surface area (Å²) in [6.45, 7) is 7.32. The zero-order chi connectivity index (χ0) is 12.3. The number of piperidine rings is 1. The summed E-state index contributed by atoms with van der Waals surface area (Å²) in [6, 6.07) is 0. The van der Waals surface area contributed by atoms with E-state index in [0.29, 0.717) is 12.3 Å². The van der Waals surface area contributed by atoms with E-state index in [1.807, 2.05) is 4.90 Å². The van der Waals surface area contributed by atoms with Gasteiger partial charge in [-0.1, -0.05) is 13.8 Å². The van der Waals surface area contributed by atoms with E-state index >= 15 is 0 Å². The fourth-order valence-electron chi connectivity index (χ4n) is 2.94. The molecule has 1 unspecified atom stereocenters. The minimum atomic E-state index is 0.199. The van der Waals surface area contributed by atoms with Gasteiger partial charge in [-0.2, -0.15) is 0 Å². The summed E-state index contributed by atoms with van der Waals surface area (Å²) >= 11 is 0. The number of carbonyl (C=O) groups excluding carboxylic acids is 1. The maximum absolute atomic E-state index is 12.1. The topological polar surface area (TPSA) is 29.5 Å². The van der Waals surface area contributed by atoms with Crippen LogP contribution in [0, 0.1) is 11.8 Å². The van der Waals surface area contributed by atoms with Crippen molar-refractivity contribution in [2.24, 2.45) is 11.8 Å². The molecule has 2 rings (SSSR count). The summed E-state index contributed by atoms with van der Waals surface area (Å²) in [5, 5.41) is 0. The van der Waals surface area contributed by atoms with Gasteiger partial charge in [0.05, 0.1) is 12.5 Å². The first kappa shape index (κ1) is 12.9. The van der Waals surface area contributed by atoms with Crippen molar-refractivity contribution in [2.45, 2.75) is 52.1 Å². The standard InChI is InChI=1S/C14H25NO2/c1-11(2)12-5-7-15(8-6-12)14(16)10-13-4-3-9-17-13/h11-13H,3-10H2,1-2H3. The summed E-state index contributed by atoms with van der Waals surface area (Å²) in [4.78, 5) is 14.1. The van der Waals surface area contributed by atoms with Crippen LogP contribution >= 0.6 is 0 Å². The molecule has 2 aliphatic rings. The summed E-state index contributed by atoms with van der Waals surface area (Å²) in [7, 11) is 0. The van der Waals surface area contributed by atoms with Gasteiger partial charge in [-0.05, 0) is 37.5 Å². The summed E-state index contributed by atoms with van der Waals surface area (Å²) < 4.78 is 5.53. The van der Waals surface area contributed by atoms with E-state index in [9.17, 15) is 4.79 Å². The van der Waals surface area contributed by atoms with Crippen LogP contribution in [0.15, 0.2) is 0 Å². The van der Waals surface area contributed by atoms with Crippen LogP contribution in [0.5, 0.6) is 0 Å².